The van der Waals surface area contributed by atoms with Gasteiger partial charge in [-0.3, -0.25) is 0 Å². The summed E-state index contributed by atoms with van der Waals surface area (Å²) in [5.74, 6) is 0.640. The van der Waals surface area contributed by atoms with E-state index in [4.69, 9.17) is 9.15 Å². The van der Waals surface area contributed by atoms with Gasteiger partial charge in [0, 0.05) is 5.56 Å². The Kier molecular flexibility index (Phi) is 4.01. The third-order valence-corrected chi connectivity index (χ3v) is 3.23. The molecular formula is C18H15NO3. The first-order valence-corrected chi connectivity index (χ1v) is 6.96. The van der Waals surface area contributed by atoms with Crippen molar-refractivity contribution in [3.63, 3.8) is 0 Å². The van der Waals surface area contributed by atoms with Crippen molar-refractivity contribution < 1.29 is 13.9 Å². The number of aromatic nitrogens is 1. The van der Waals surface area contributed by atoms with E-state index in [1.807, 2.05) is 49.4 Å². The van der Waals surface area contributed by atoms with Gasteiger partial charge in [0.25, 0.3) is 0 Å². The molecule has 0 spiro atoms. The van der Waals surface area contributed by atoms with Crippen molar-refractivity contribution >= 4 is 5.97 Å². The van der Waals surface area contributed by atoms with E-state index < -0.39 is 0 Å². The summed E-state index contributed by atoms with van der Waals surface area (Å²) in [5, 5.41) is 0. The summed E-state index contributed by atoms with van der Waals surface area (Å²) in [7, 11) is 0. The van der Waals surface area contributed by atoms with Gasteiger partial charge in [0.15, 0.2) is 12.4 Å². The molecule has 110 valence electrons. The number of hydrogen-bond donors (Lipinski definition) is 0. The van der Waals surface area contributed by atoms with E-state index in [-0.39, 0.29) is 12.6 Å². The average Bonchev–Trinajstić information content (AvgIpc) is 3.03. The molecule has 4 heteroatoms. The van der Waals surface area contributed by atoms with Crippen LogP contribution in [0.25, 0.3) is 11.3 Å². The van der Waals surface area contributed by atoms with Crippen LogP contribution in [0.4, 0.5) is 0 Å². The van der Waals surface area contributed by atoms with Crippen molar-refractivity contribution in [2.45, 2.75) is 13.5 Å². The number of carbonyl (C=O) groups excluding carboxylic acids is 1. The molecule has 3 aromatic rings. The van der Waals surface area contributed by atoms with Crippen molar-refractivity contribution in [2.24, 2.45) is 0 Å². The van der Waals surface area contributed by atoms with Crippen LogP contribution in [-0.4, -0.2) is 11.0 Å². The number of aryl methyl sites for hydroxylation is 1. The highest BCUT2D eigenvalue weighted by molar-refractivity contribution is 5.89. The van der Waals surface area contributed by atoms with Crippen LogP contribution in [0, 0.1) is 6.92 Å². The predicted octanol–water partition coefficient (Wildman–Crippen LogP) is 4.01. The fourth-order valence-corrected chi connectivity index (χ4v) is 2.01. The largest absolute Gasteiger partial charge is 0.452 e. The number of rotatable bonds is 4. The molecule has 1 heterocycles. The average molecular weight is 293 g/mol. The summed E-state index contributed by atoms with van der Waals surface area (Å²) in [4.78, 5) is 16.0. The Hall–Kier alpha value is -2.88. The van der Waals surface area contributed by atoms with Gasteiger partial charge in [-0.05, 0) is 19.1 Å². The predicted molar refractivity (Wildman–Crippen MR) is 82.2 cm³/mol. The fourth-order valence-electron chi connectivity index (χ4n) is 2.01. The van der Waals surface area contributed by atoms with Gasteiger partial charge in [0.1, 0.15) is 0 Å². The Bertz CT molecular complexity index is 761. The number of benzene rings is 2. The monoisotopic (exact) mass is 293 g/mol. The second-order valence-electron chi connectivity index (χ2n) is 4.93. The summed E-state index contributed by atoms with van der Waals surface area (Å²) in [6.45, 7) is 1.98. The Morgan fingerprint density at radius 2 is 1.82 bits per heavy atom. The number of esters is 1. The van der Waals surface area contributed by atoms with Gasteiger partial charge < -0.3 is 9.15 Å². The molecule has 3 rings (SSSR count). The molecular weight excluding hydrogens is 278 g/mol. The van der Waals surface area contributed by atoms with Crippen molar-refractivity contribution in [2.75, 3.05) is 0 Å². The number of carbonyl (C=O) groups is 1. The van der Waals surface area contributed by atoms with E-state index in [1.165, 1.54) is 0 Å². The molecule has 0 radical (unpaired) electrons. The van der Waals surface area contributed by atoms with Gasteiger partial charge in [-0.15, -0.1) is 0 Å². The van der Waals surface area contributed by atoms with E-state index in [2.05, 4.69) is 4.98 Å². The van der Waals surface area contributed by atoms with E-state index in [0.717, 1.165) is 11.1 Å². The molecule has 0 aliphatic heterocycles. The summed E-state index contributed by atoms with van der Waals surface area (Å²) in [6.07, 6.45) is 1.63. The molecule has 0 atom stereocenters. The van der Waals surface area contributed by atoms with Crippen molar-refractivity contribution in [1.29, 1.82) is 0 Å². The molecule has 0 fully saturated rings. The molecule has 0 bridgehead atoms. The Morgan fingerprint density at radius 1 is 1.09 bits per heavy atom. The normalized spacial score (nSPS) is 10.4. The highest BCUT2D eigenvalue weighted by atomic mass is 16.5. The van der Waals surface area contributed by atoms with Crippen LogP contribution >= 0.6 is 0 Å². The molecule has 4 nitrogen and oxygen atoms in total. The molecule has 0 N–H and O–H groups in total. The highest BCUT2D eigenvalue weighted by Crippen LogP contribution is 2.20. The molecule has 0 amide bonds. The zero-order chi connectivity index (χ0) is 15.4. The third-order valence-electron chi connectivity index (χ3n) is 3.23. The fraction of sp³-hybridized carbons (Fsp3) is 0.111. The molecule has 0 saturated heterocycles. The number of ether oxygens (including phenoxy) is 1. The van der Waals surface area contributed by atoms with E-state index >= 15 is 0 Å². The van der Waals surface area contributed by atoms with Gasteiger partial charge in [-0.25, -0.2) is 9.78 Å². The smallest absolute Gasteiger partial charge is 0.338 e. The van der Waals surface area contributed by atoms with Crippen molar-refractivity contribution in [1.82, 2.24) is 4.98 Å². The number of hydrogen-bond acceptors (Lipinski definition) is 4. The minimum Gasteiger partial charge on any atom is -0.452 e. The molecule has 2 aromatic carbocycles. The molecule has 0 aliphatic carbocycles. The van der Waals surface area contributed by atoms with Gasteiger partial charge in [-0.1, -0.05) is 48.0 Å². The first-order valence-electron chi connectivity index (χ1n) is 6.96. The van der Waals surface area contributed by atoms with Crippen LogP contribution in [0.15, 0.2) is 65.2 Å². The lowest BCUT2D eigenvalue weighted by Crippen LogP contribution is -2.05. The van der Waals surface area contributed by atoms with E-state index in [0.29, 0.717) is 17.2 Å². The third kappa shape index (κ3) is 3.23. The highest BCUT2D eigenvalue weighted by Gasteiger charge is 2.10. The zero-order valence-electron chi connectivity index (χ0n) is 12.2. The van der Waals surface area contributed by atoms with Crippen LogP contribution in [0.2, 0.25) is 0 Å². The Morgan fingerprint density at radius 3 is 2.55 bits per heavy atom. The molecule has 22 heavy (non-hydrogen) atoms. The van der Waals surface area contributed by atoms with Gasteiger partial charge in [-0.2, -0.15) is 0 Å². The minimum atomic E-state index is -0.389. The van der Waals surface area contributed by atoms with Crippen molar-refractivity contribution in [3.05, 3.63) is 77.8 Å². The molecule has 1 aromatic heterocycles. The maximum Gasteiger partial charge on any atom is 0.338 e. The molecule has 0 aliphatic rings. The van der Waals surface area contributed by atoms with Crippen molar-refractivity contribution in [3.8, 4) is 11.3 Å². The minimum absolute atomic E-state index is 0.0134. The second-order valence-corrected chi connectivity index (χ2v) is 4.93. The standard InChI is InChI=1S/C18H15NO3/c1-13-7-9-15(10-8-13)18(20)21-12-17-19-11-16(22-17)14-5-3-2-4-6-14/h2-11H,12H2,1H3. The number of nitrogens with zero attached hydrogens (tertiary/aromatic N) is 1. The van der Waals surface area contributed by atoms with Crippen LogP contribution < -0.4 is 0 Å². The summed E-state index contributed by atoms with van der Waals surface area (Å²) >= 11 is 0. The lowest BCUT2D eigenvalue weighted by Gasteiger charge is -2.02. The van der Waals surface area contributed by atoms with Crippen LogP contribution in [-0.2, 0) is 11.3 Å². The Labute approximate surface area is 128 Å². The first-order chi connectivity index (χ1) is 10.7. The maximum atomic E-state index is 11.9. The quantitative estimate of drug-likeness (QED) is 0.682. The SMILES string of the molecule is Cc1ccc(C(=O)OCc2ncc(-c3ccccc3)o2)cc1. The van der Waals surface area contributed by atoms with Gasteiger partial charge in [0.05, 0.1) is 11.8 Å². The lowest BCUT2D eigenvalue weighted by molar-refractivity contribution is 0.0439. The zero-order valence-corrected chi connectivity index (χ0v) is 12.2. The maximum absolute atomic E-state index is 11.9. The van der Waals surface area contributed by atoms with Gasteiger partial charge in [0.2, 0.25) is 5.89 Å². The van der Waals surface area contributed by atoms with Gasteiger partial charge >= 0.3 is 5.97 Å². The lowest BCUT2D eigenvalue weighted by atomic mass is 10.1. The second kappa shape index (κ2) is 6.26. The van der Waals surface area contributed by atoms with Crippen LogP contribution in [0.5, 0.6) is 0 Å². The first kappa shape index (κ1) is 14.1. The summed E-state index contributed by atoms with van der Waals surface area (Å²) in [5.41, 5.74) is 2.54. The summed E-state index contributed by atoms with van der Waals surface area (Å²) < 4.78 is 10.8. The topological polar surface area (TPSA) is 52.3 Å². The molecule has 0 saturated carbocycles. The van der Waals surface area contributed by atoms with E-state index in [9.17, 15) is 4.79 Å². The van der Waals surface area contributed by atoms with Crippen LogP contribution in [0.3, 0.4) is 0 Å². The Balaban J connectivity index is 1.64. The number of oxazole rings is 1. The van der Waals surface area contributed by atoms with Crippen LogP contribution in [0.1, 0.15) is 21.8 Å². The summed E-state index contributed by atoms with van der Waals surface area (Å²) in [6, 6.07) is 16.9. The van der Waals surface area contributed by atoms with E-state index in [1.54, 1.807) is 18.3 Å². The molecule has 0 unspecified atom stereocenters.